The Kier molecular flexibility index (Phi) is 4.90. The number of likely N-dealkylation sites (N-methyl/N-ethyl adjacent to an activating group) is 1. The maximum atomic E-state index is 12.1. The first-order valence-corrected chi connectivity index (χ1v) is 7.03. The van der Waals surface area contributed by atoms with Gasteiger partial charge in [-0.2, -0.15) is 5.10 Å². The Morgan fingerprint density at radius 1 is 1.39 bits per heavy atom. The first-order chi connectivity index (χ1) is 10.9. The lowest BCUT2D eigenvalue weighted by Gasteiger charge is -2.14. The number of rotatable bonds is 5. The monoisotopic (exact) mass is 314 g/mol. The van der Waals surface area contributed by atoms with E-state index in [4.69, 9.17) is 0 Å². The molecule has 0 saturated heterocycles. The molecular formula is C16H18N4O3. The van der Waals surface area contributed by atoms with E-state index in [9.17, 15) is 14.9 Å². The molecule has 0 aliphatic carbocycles. The van der Waals surface area contributed by atoms with Gasteiger partial charge < -0.3 is 4.90 Å². The lowest BCUT2D eigenvalue weighted by molar-refractivity contribution is -0.384. The van der Waals surface area contributed by atoms with Crippen LogP contribution in [0.1, 0.15) is 16.8 Å². The molecule has 2 rings (SSSR count). The van der Waals surface area contributed by atoms with Gasteiger partial charge in [0.15, 0.2) is 0 Å². The minimum absolute atomic E-state index is 0.0256. The van der Waals surface area contributed by atoms with E-state index in [-0.39, 0.29) is 11.6 Å². The second kappa shape index (κ2) is 6.87. The van der Waals surface area contributed by atoms with Crippen LogP contribution in [0.4, 0.5) is 5.69 Å². The predicted octanol–water partition coefficient (Wildman–Crippen LogP) is 2.31. The zero-order valence-corrected chi connectivity index (χ0v) is 13.3. The van der Waals surface area contributed by atoms with Crippen molar-refractivity contribution in [1.82, 2.24) is 14.7 Å². The number of carbonyl (C=O) groups excluding carboxylic acids is 1. The molecule has 0 aliphatic rings. The second-order valence-corrected chi connectivity index (χ2v) is 5.29. The summed E-state index contributed by atoms with van der Waals surface area (Å²) in [5.74, 6) is -0.147. The number of non-ortho nitro benzene ring substituents is 1. The van der Waals surface area contributed by atoms with Crippen molar-refractivity contribution in [2.75, 3.05) is 7.05 Å². The number of nitro benzene ring substituents is 1. The Balaban J connectivity index is 1.99. The summed E-state index contributed by atoms with van der Waals surface area (Å²) in [7, 11) is 3.56. The fraction of sp³-hybridized carbons (Fsp3) is 0.250. The summed E-state index contributed by atoms with van der Waals surface area (Å²) in [6.45, 7) is 2.38. The molecule has 0 bridgehead atoms. The Hall–Kier alpha value is -2.96. The zero-order valence-electron chi connectivity index (χ0n) is 13.3. The molecule has 120 valence electrons. The van der Waals surface area contributed by atoms with Gasteiger partial charge in [0.05, 0.1) is 10.6 Å². The highest BCUT2D eigenvalue weighted by Gasteiger charge is 2.10. The highest BCUT2D eigenvalue weighted by Crippen LogP contribution is 2.13. The van der Waals surface area contributed by atoms with Crippen molar-refractivity contribution in [3.63, 3.8) is 0 Å². The van der Waals surface area contributed by atoms with Gasteiger partial charge in [-0.15, -0.1) is 0 Å². The molecule has 0 fully saturated rings. The normalized spacial score (nSPS) is 10.9. The zero-order chi connectivity index (χ0) is 17.0. The minimum atomic E-state index is -0.456. The van der Waals surface area contributed by atoms with Gasteiger partial charge >= 0.3 is 0 Å². The van der Waals surface area contributed by atoms with E-state index in [0.717, 1.165) is 16.8 Å². The summed E-state index contributed by atoms with van der Waals surface area (Å²) in [5, 5.41) is 14.8. The molecule has 2 aromatic rings. The standard InChI is InChI=1S/C16H18N4O3/c1-12-14(11-19(3)17-12)10-18(2)16(21)9-6-13-4-7-15(8-5-13)20(22)23/h4-9,11H,10H2,1-3H3. The SMILES string of the molecule is Cc1nn(C)cc1CN(C)C(=O)C=Cc1ccc([N+](=O)[O-])cc1. The number of aromatic nitrogens is 2. The molecule has 0 radical (unpaired) electrons. The highest BCUT2D eigenvalue weighted by atomic mass is 16.6. The van der Waals surface area contributed by atoms with E-state index < -0.39 is 4.92 Å². The number of carbonyl (C=O) groups is 1. The van der Waals surface area contributed by atoms with Gasteiger partial charge in [0.25, 0.3) is 5.69 Å². The van der Waals surface area contributed by atoms with Crippen LogP contribution in [0.3, 0.4) is 0 Å². The summed E-state index contributed by atoms with van der Waals surface area (Å²) < 4.78 is 1.72. The lowest BCUT2D eigenvalue weighted by atomic mass is 10.2. The van der Waals surface area contributed by atoms with Crippen molar-refractivity contribution in [1.29, 1.82) is 0 Å². The first kappa shape index (κ1) is 16.4. The quantitative estimate of drug-likeness (QED) is 0.482. The molecule has 23 heavy (non-hydrogen) atoms. The molecule has 7 heteroatoms. The second-order valence-electron chi connectivity index (χ2n) is 5.29. The maximum absolute atomic E-state index is 12.1. The van der Waals surface area contributed by atoms with Crippen LogP contribution < -0.4 is 0 Å². The predicted molar refractivity (Wildman–Crippen MR) is 86.5 cm³/mol. The van der Waals surface area contributed by atoms with Crippen molar-refractivity contribution in [2.24, 2.45) is 7.05 Å². The first-order valence-electron chi connectivity index (χ1n) is 7.03. The topological polar surface area (TPSA) is 81.3 Å². The van der Waals surface area contributed by atoms with E-state index in [1.165, 1.54) is 18.2 Å². The molecular weight excluding hydrogens is 296 g/mol. The van der Waals surface area contributed by atoms with Crippen molar-refractivity contribution < 1.29 is 9.72 Å². The summed E-state index contributed by atoms with van der Waals surface area (Å²) in [5.41, 5.74) is 2.64. The Morgan fingerprint density at radius 2 is 2.04 bits per heavy atom. The molecule has 1 aromatic heterocycles. The van der Waals surface area contributed by atoms with Crippen LogP contribution in [0.5, 0.6) is 0 Å². The number of nitrogens with zero attached hydrogens (tertiary/aromatic N) is 4. The molecule has 1 amide bonds. The summed E-state index contributed by atoms with van der Waals surface area (Å²) >= 11 is 0. The van der Waals surface area contributed by atoms with E-state index in [1.807, 2.05) is 20.2 Å². The molecule has 0 aliphatic heterocycles. The van der Waals surface area contributed by atoms with Crippen molar-refractivity contribution >= 4 is 17.7 Å². The van der Waals surface area contributed by atoms with E-state index in [1.54, 1.807) is 34.8 Å². The number of nitro groups is 1. The van der Waals surface area contributed by atoms with Crippen LogP contribution in [-0.2, 0) is 18.4 Å². The number of hydrogen-bond acceptors (Lipinski definition) is 4. The third-order valence-corrected chi connectivity index (χ3v) is 3.42. The van der Waals surface area contributed by atoms with Gasteiger partial charge in [-0.1, -0.05) is 0 Å². The van der Waals surface area contributed by atoms with Gasteiger partial charge in [-0.05, 0) is 30.7 Å². The van der Waals surface area contributed by atoms with E-state index in [2.05, 4.69) is 5.10 Å². The maximum Gasteiger partial charge on any atom is 0.269 e. The van der Waals surface area contributed by atoms with Gasteiger partial charge in [0.1, 0.15) is 0 Å². The Morgan fingerprint density at radius 3 is 2.57 bits per heavy atom. The largest absolute Gasteiger partial charge is 0.338 e. The number of aryl methyl sites for hydroxylation is 2. The summed E-state index contributed by atoms with van der Waals surface area (Å²) in [4.78, 5) is 23.8. The molecule has 0 spiro atoms. The van der Waals surface area contributed by atoms with Crippen molar-refractivity contribution in [3.8, 4) is 0 Å². The molecule has 1 heterocycles. The average molecular weight is 314 g/mol. The van der Waals surface area contributed by atoms with Crippen LogP contribution >= 0.6 is 0 Å². The molecule has 0 saturated carbocycles. The Bertz CT molecular complexity index is 747. The molecule has 0 N–H and O–H groups in total. The average Bonchev–Trinajstić information content (AvgIpc) is 2.82. The number of amides is 1. The highest BCUT2D eigenvalue weighted by molar-refractivity contribution is 5.91. The van der Waals surface area contributed by atoms with Crippen molar-refractivity contribution in [3.05, 3.63) is 63.5 Å². The lowest BCUT2D eigenvalue weighted by Crippen LogP contribution is -2.24. The van der Waals surface area contributed by atoms with Gasteiger partial charge in [-0.3, -0.25) is 19.6 Å². The molecule has 7 nitrogen and oxygen atoms in total. The third kappa shape index (κ3) is 4.26. The van der Waals surface area contributed by atoms with Gasteiger partial charge in [0, 0.05) is 50.6 Å². The van der Waals surface area contributed by atoms with Gasteiger partial charge in [-0.25, -0.2) is 0 Å². The minimum Gasteiger partial charge on any atom is -0.338 e. The molecule has 1 aromatic carbocycles. The smallest absolute Gasteiger partial charge is 0.269 e. The van der Waals surface area contributed by atoms with Gasteiger partial charge in [0.2, 0.25) is 5.91 Å². The summed E-state index contributed by atoms with van der Waals surface area (Å²) in [6, 6.07) is 6.03. The fourth-order valence-electron chi connectivity index (χ4n) is 2.14. The van der Waals surface area contributed by atoms with Crippen LogP contribution in [0, 0.1) is 17.0 Å². The fourth-order valence-corrected chi connectivity index (χ4v) is 2.14. The van der Waals surface area contributed by atoms with Crippen LogP contribution in [0.15, 0.2) is 36.5 Å². The Labute approximate surface area is 134 Å². The van der Waals surface area contributed by atoms with Crippen LogP contribution in [0.25, 0.3) is 6.08 Å². The number of hydrogen-bond donors (Lipinski definition) is 0. The summed E-state index contributed by atoms with van der Waals surface area (Å²) in [6.07, 6.45) is 4.98. The van der Waals surface area contributed by atoms with E-state index in [0.29, 0.717) is 6.54 Å². The molecule has 0 atom stereocenters. The third-order valence-electron chi connectivity index (χ3n) is 3.42. The molecule has 0 unspecified atom stereocenters. The number of benzene rings is 1. The van der Waals surface area contributed by atoms with E-state index >= 15 is 0 Å². The van der Waals surface area contributed by atoms with Crippen molar-refractivity contribution in [2.45, 2.75) is 13.5 Å². The van der Waals surface area contributed by atoms with Crippen LogP contribution in [0.2, 0.25) is 0 Å². The van der Waals surface area contributed by atoms with Crippen LogP contribution in [-0.4, -0.2) is 32.6 Å².